The Hall–Kier alpha value is -1.17. The van der Waals surface area contributed by atoms with Gasteiger partial charge >= 0.3 is 6.61 Å². The summed E-state index contributed by atoms with van der Waals surface area (Å²) in [5.41, 5.74) is 0.106. The van der Waals surface area contributed by atoms with Gasteiger partial charge in [-0.25, -0.2) is 0 Å². The number of ether oxygens (including phenoxy) is 1. The largest absolute Gasteiger partial charge is 0.434 e. The average Bonchev–Trinajstić information content (AvgIpc) is 2.28. The van der Waals surface area contributed by atoms with Crippen molar-refractivity contribution in [3.05, 3.63) is 28.2 Å². The van der Waals surface area contributed by atoms with Crippen LogP contribution in [-0.4, -0.2) is 19.1 Å². The van der Waals surface area contributed by atoms with Gasteiger partial charge in [-0.3, -0.25) is 4.79 Å². The van der Waals surface area contributed by atoms with Crippen molar-refractivity contribution in [1.82, 2.24) is 5.32 Å². The van der Waals surface area contributed by atoms with Crippen LogP contribution in [0.2, 0.25) is 0 Å². The maximum absolute atomic E-state index is 12.2. The predicted octanol–water partition coefficient (Wildman–Crippen LogP) is 3.58. The zero-order valence-corrected chi connectivity index (χ0v) is 11.5. The highest BCUT2D eigenvalue weighted by Crippen LogP contribution is 2.25. The molecule has 0 aromatic heterocycles. The van der Waals surface area contributed by atoms with Crippen molar-refractivity contribution in [1.29, 1.82) is 0 Å². The van der Waals surface area contributed by atoms with Gasteiger partial charge in [-0.1, -0.05) is 29.3 Å². The summed E-state index contributed by atoms with van der Waals surface area (Å²) >= 11 is 3.14. The molecule has 1 rings (SSSR count). The number of rotatable bonds is 6. The standard InChI is InChI=1S/C12H14BrF2NO2/c1-2-3-6-16-11(17)9-5-4-8(13)7-10(9)18-12(14)15/h4-5,7,12H,2-3,6H2,1H3,(H,16,17). The first-order valence-electron chi connectivity index (χ1n) is 5.57. The van der Waals surface area contributed by atoms with Gasteiger partial charge in [-0.05, 0) is 24.6 Å². The summed E-state index contributed by atoms with van der Waals surface area (Å²) in [6.07, 6.45) is 1.79. The molecule has 1 amide bonds. The van der Waals surface area contributed by atoms with Crippen LogP contribution in [0, 0.1) is 0 Å². The van der Waals surface area contributed by atoms with Crippen LogP contribution in [0.15, 0.2) is 22.7 Å². The van der Waals surface area contributed by atoms with E-state index in [1.807, 2.05) is 6.92 Å². The molecule has 0 saturated carbocycles. The van der Waals surface area contributed by atoms with Crippen molar-refractivity contribution in [3.63, 3.8) is 0 Å². The number of amides is 1. The Bertz CT molecular complexity index is 413. The summed E-state index contributed by atoms with van der Waals surface area (Å²) in [4.78, 5) is 11.8. The molecule has 3 nitrogen and oxygen atoms in total. The van der Waals surface area contributed by atoms with Crippen LogP contribution >= 0.6 is 15.9 Å². The van der Waals surface area contributed by atoms with Gasteiger partial charge in [0.25, 0.3) is 5.91 Å². The average molecular weight is 322 g/mol. The SMILES string of the molecule is CCCCNC(=O)c1ccc(Br)cc1OC(F)F. The first kappa shape index (κ1) is 14.9. The van der Waals surface area contributed by atoms with Crippen molar-refractivity contribution in [3.8, 4) is 5.75 Å². The molecule has 0 fully saturated rings. The van der Waals surface area contributed by atoms with Gasteiger partial charge in [0.05, 0.1) is 5.56 Å². The van der Waals surface area contributed by atoms with E-state index in [-0.39, 0.29) is 11.3 Å². The van der Waals surface area contributed by atoms with Gasteiger partial charge in [0.2, 0.25) is 0 Å². The molecule has 0 spiro atoms. The van der Waals surface area contributed by atoms with Gasteiger partial charge in [-0.15, -0.1) is 0 Å². The molecule has 6 heteroatoms. The fourth-order valence-corrected chi connectivity index (χ4v) is 1.69. The first-order valence-corrected chi connectivity index (χ1v) is 6.36. The minimum absolute atomic E-state index is 0.106. The van der Waals surface area contributed by atoms with Gasteiger partial charge < -0.3 is 10.1 Å². The fourth-order valence-electron chi connectivity index (χ4n) is 1.35. The number of halogens is 3. The number of unbranched alkanes of at least 4 members (excludes halogenated alkanes) is 1. The van der Waals surface area contributed by atoms with E-state index in [0.717, 1.165) is 12.8 Å². The zero-order valence-electron chi connectivity index (χ0n) is 9.88. The number of nitrogens with one attached hydrogen (secondary N) is 1. The van der Waals surface area contributed by atoms with Gasteiger partial charge in [0.1, 0.15) is 5.75 Å². The van der Waals surface area contributed by atoms with E-state index in [9.17, 15) is 13.6 Å². The Morgan fingerprint density at radius 3 is 2.83 bits per heavy atom. The number of hydrogen-bond acceptors (Lipinski definition) is 2. The molecule has 0 saturated heterocycles. The van der Waals surface area contributed by atoms with Crippen LogP contribution in [0.1, 0.15) is 30.1 Å². The van der Waals surface area contributed by atoms with Crippen LogP contribution in [0.4, 0.5) is 8.78 Å². The van der Waals surface area contributed by atoms with Crippen LogP contribution in [0.5, 0.6) is 5.75 Å². The molecular formula is C12H14BrF2NO2. The van der Waals surface area contributed by atoms with E-state index in [4.69, 9.17) is 0 Å². The summed E-state index contributed by atoms with van der Waals surface area (Å²) in [5, 5.41) is 2.65. The summed E-state index contributed by atoms with van der Waals surface area (Å²) < 4.78 is 29.4. The number of alkyl halides is 2. The van der Waals surface area contributed by atoms with Crippen LogP contribution < -0.4 is 10.1 Å². The predicted molar refractivity (Wildman–Crippen MR) is 68.0 cm³/mol. The third-order valence-electron chi connectivity index (χ3n) is 2.22. The van der Waals surface area contributed by atoms with Gasteiger partial charge in [0, 0.05) is 11.0 Å². The molecular weight excluding hydrogens is 308 g/mol. The Morgan fingerprint density at radius 2 is 2.22 bits per heavy atom. The third-order valence-corrected chi connectivity index (χ3v) is 2.71. The van der Waals surface area contributed by atoms with E-state index in [1.54, 1.807) is 6.07 Å². The fraction of sp³-hybridized carbons (Fsp3) is 0.417. The second-order valence-electron chi connectivity index (χ2n) is 3.63. The Morgan fingerprint density at radius 1 is 1.50 bits per heavy atom. The molecule has 0 aliphatic rings. The second-order valence-corrected chi connectivity index (χ2v) is 4.54. The first-order chi connectivity index (χ1) is 8.54. The lowest BCUT2D eigenvalue weighted by Crippen LogP contribution is -2.25. The summed E-state index contributed by atoms with van der Waals surface area (Å²) in [6.45, 7) is -0.446. The number of hydrogen-bond donors (Lipinski definition) is 1. The minimum Gasteiger partial charge on any atom is -0.434 e. The highest BCUT2D eigenvalue weighted by Gasteiger charge is 2.15. The number of carbonyl (C=O) groups excluding carboxylic acids is 1. The van der Waals surface area contributed by atoms with Crippen LogP contribution in [0.25, 0.3) is 0 Å². The molecule has 1 N–H and O–H groups in total. The molecule has 1 aromatic rings. The molecule has 0 atom stereocenters. The summed E-state index contributed by atoms with van der Waals surface area (Å²) in [6, 6.07) is 4.40. The van der Waals surface area contributed by atoms with Crippen LogP contribution in [-0.2, 0) is 0 Å². The number of carbonyl (C=O) groups is 1. The number of benzene rings is 1. The van der Waals surface area contributed by atoms with Crippen molar-refractivity contribution in [2.75, 3.05) is 6.54 Å². The summed E-state index contributed by atoms with van der Waals surface area (Å²) in [5.74, 6) is -0.542. The second kappa shape index (κ2) is 7.31. The zero-order chi connectivity index (χ0) is 13.5. The monoisotopic (exact) mass is 321 g/mol. The van der Waals surface area contributed by atoms with E-state index < -0.39 is 12.5 Å². The maximum Gasteiger partial charge on any atom is 0.387 e. The third kappa shape index (κ3) is 4.60. The van der Waals surface area contributed by atoms with Crippen molar-refractivity contribution < 1.29 is 18.3 Å². The van der Waals surface area contributed by atoms with Crippen molar-refractivity contribution in [2.24, 2.45) is 0 Å². The quantitative estimate of drug-likeness (QED) is 0.813. The Kier molecular flexibility index (Phi) is 6.04. The highest BCUT2D eigenvalue weighted by molar-refractivity contribution is 9.10. The lowest BCUT2D eigenvalue weighted by Gasteiger charge is -2.11. The van der Waals surface area contributed by atoms with E-state index >= 15 is 0 Å². The van der Waals surface area contributed by atoms with E-state index in [2.05, 4.69) is 26.0 Å². The summed E-state index contributed by atoms with van der Waals surface area (Å²) in [7, 11) is 0. The maximum atomic E-state index is 12.2. The van der Waals surface area contributed by atoms with E-state index in [1.165, 1.54) is 12.1 Å². The normalized spacial score (nSPS) is 10.5. The molecule has 0 bridgehead atoms. The molecule has 0 radical (unpaired) electrons. The highest BCUT2D eigenvalue weighted by atomic mass is 79.9. The van der Waals surface area contributed by atoms with E-state index in [0.29, 0.717) is 11.0 Å². The van der Waals surface area contributed by atoms with Gasteiger partial charge in [0.15, 0.2) is 0 Å². The van der Waals surface area contributed by atoms with Crippen molar-refractivity contribution in [2.45, 2.75) is 26.4 Å². The molecule has 100 valence electrons. The van der Waals surface area contributed by atoms with Gasteiger partial charge in [-0.2, -0.15) is 8.78 Å². The Balaban J connectivity index is 2.82. The topological polar surface area (TPSA) is 38.3 Å². The Labute approximate surface area is 113 Å². The lowest BCUT2D eigenvalue weighted by atomic mass is 10.2. The molecule has 0 heterocycles. The smallest absolute Gasteiger partial charge is 0.387 e. The van der Waals surface area contributed by atoms with Crippen LogP contribution in [0.3, 0.4) is 0 Å². The molecule has 0 unspecified atom stereocenters. The molecule has 0 aliphatic heterocycles. The minimum atomic E-state index is -2.96. The molecule has 1 aromatic carbocycles. The van der Waals surface area contributed by atoms with Crippen molar-refractivity contribution >= 4 is 21.8 Å². The lowest BCUT2D eigenvalue weighted by molar-refractivity contribution is -0.0502. The molecule has 0 aliphatic carbocycles. The molecule has 18 heavy (non-hydrogen) atoms.